The molecule has 0 spiro atoms. The van der Waals surface area contributed by atoms with Gasteiger partial charge < -0.3 is 20.8 Å². The molecule has 1 heterocycles. The number of nitrogens with two attached hydrogens (primary N) is 1. The van der Waals surface area contributed by atoms with E-state index in [1.54, 1.807) is 18.3 Å². The molecule has 0 saturated heterocycles. The first-order valence-electron chi connectivity index (χ1n) is 6.66. The number of carboxylic acid groups (broad SMARTS) is 1. The highest BCUT2D eigenvalue weighted by Gasteiger charge is 2.18. The number of rotatable bonds is 4. The van der Waals surface area contributed by atoms with Crippen molar-refractivity contribution in [2.24, 2.45) is 0 Å². The first kappa shape index (κ1) is 17.9. The van der Waals surface area contributed by atoms with E-state index in [9.17, 15) is 14.9 Å². The van der Waals surface area contributed by atoms with Crippen molar-refractivity contribution in [1.82, 2.24) is 4.57 Å². The van der Waals surface area contributed by atoms with Crippen LogP contribution in [0.2, 0.25) is 0 Å². The average Bonchev–Trinajstić information content (AvgIpc) is 2.85. The second-order valence-electron chi connectivity index (χ2n) is 5.02. The third-order valence-electron chi connectivity index (χ3n) is 3.04. The number of fused-ring (bicyclic) bond motifs is 1. The summed E-state index contributed by atoms with van der Waals surface area (Å²) >= 11 is 0. The summed E-state index contributed by atoms with van der Waals surface area (Å²) in [6.07, 6.45) is 2.26. The second-order valence-corrected chi connectivity index (χ2v) is 5.02. The summed E-state index contributed by atoms with van der Waals surface area (Å²) < 4.78 is 1.88. The van der Waals surface area contributed by atoms with Gasteiger partial charge in [0.2, 0.25) is 0 Å². The largest absolute Gasteiger partial charge is 0.478 e. The Hall–Kier alpha value is -3.16. The number of nitrogens with zero attached hydrogens (tertiary/aromatic N) is 2. The Morgan fingerprint density at radius 3 is 2.52 bits per heavy atom. The van der Waals surface area contributed by atoms with Gasteiger partial charge in [0.1, 0.15) is 0 Å². The lowest BCUT2D eigenvalue weighted by molar-refractivity contribution is -0.383. The molecule has 0 aliphatic heterocycles. The lowest BCUT2D eigenvalue weighted by Crippen LogP contribution is -1.98. The molecule has 0 atom stereocenters. The fraction of sp³-hybridized carbons (Fsp3) is 0.200. The molecule has 0 radical (unpaired) electrons. The van der Waals surface area contributed by atoms with Gasteiger partial charge in [0.25, 0.3) is 5.69 Å². The average molecular weight is 318 g/mol. The summed E-state index contributed by atoms with van der Waals surface area (Å²) in [5.41, 5.74) is 6.94. The number of carboxylic acids is 1. The van der Waals surface area contributed by atoms with Crippen LogP contribution < -0.4 is 5.73 Å². The first-order chi connectivity index (χ1) is 10.7. The number of nitrogen functional groups attached to an aromatic ring is 1. The molecule has 0 aliphatic carbocycles. The Morgan fingerprint density at radius 1 is 1.52 bits per heavy atom. The zero-order valence-electron chi connectivity index (χ0n) is 12.8. The van der Waals surface area contributed by atoms with Crippen LogP contribution in [0.15, 0.2) is 36.5 Å². The minimum absolute atomic E-state index is 0.107. The normalized spacial score (nSPS) is 10.0. The predicted molar refractivity (Wildman–Crippen MR) is 88.9 cm³/mol. The smallest absolute Gasteiger partial charge is 0.336 e. The lowest BCUT2D eigenvalue weighted by atomic mass is 10.2. The van der Waals surface area contributed by atoms with Gasteiger partial charge in [0.15, 0.2) is 0 Å². The Kier molecular flexibility index (Phi) is 5.61. The molecule has 4 N–H and O–H groups in total. The number of carbonyl (C=O) groups is 1. The number of nitro groups is 1. The molecule has 1 aromatic heterocycles. The van der Waals surface area contributed by atoms with Crippen LogP contribution in [0.3, 0.4) is 0 Å². The van der Waals surface area contributed by atoms with E-state index in [1.807, 2.05) is 24.5 Å². The minimum Gasteiger partial charge on any atom is -0.478 e. The van der Waals surface area contributed by atoms with Gasteiger partial charge in [-0.15, -0.1) is 0 Å². The Labute approximate surface area is 132 Å². The molecule has 23 heavy (non-hydrogen) atoms. The summed E-state index contributed by atoms with van der Waals surface area (Å²) in [6, 6.07) is 5.40. The molecule has 8 heteroatoms. The molecule has 0 aliphatic rings. The summed E-state index contributed by atoms with van der Waals surface area (Å²) in [7, 11) is 0. The third kappa shape index (κ3) is 4.16. The van der Waals surface area contributed by atoms with Crippen LogP contribution in [0, 0.1) is 15.5 Å². The molecule has 0 amide bonds. The fourth-order valence-electron chi connectivity index (χ4n) is 1.89. The fourth-order valence-corrected chi connectivity index (χ4v) is 1.89. The van der Waals surface area contributed by atoms with E-state index in [-0.39, 0.29) is 22.2 Å². The van der Waals surface area contributed by atoms with E-state index < -0.39 is 5.97 Å². The SMILES string of the molecule is C=C(C=N)C(=O)O.CC(C)n1cc([N+](=O)[O-])c2cc(N)ccc21. The number of benzene rings is 1. The summed E-state index contributed by atoms with van der Waals surface area (Å²) in [4.78, 5) is 20.2. The summed E-state index contributed by atoms with van der Waals surface area (Å²) in [5.74, 6) is -1.14. The van der Waals surface area contributed by atoms with Crippen LogP contribution in [-0.2, 0) is 4.79 Å². The summed E-state index contributed by atoms with van der Waals surface area (Å²) in [5, 5.41) is 25.8. The topological polar surface area (TPSA) is 135 Å². The van der Waals surface area contributed by atoms with Gasteiger partial charge in [-0.3, -0.25) is 10.1 Å². The molecule has 2 rings (SSSR count). The van der Waals surface area contributed by atoms with E-state index in [0.29, 0.717) is 17.3 Å². The van der Waals surface area contributed by atoms with E-state index in [4.69, 9.17) is 16.2 Å². The number of hydrogen-bond donors (Lipinski definition) is 3. The maximum Gasteiger partial charge on any atom is 0.336 e. The van der Waals surface area contributed by atoms with Crippen molar-refractivity contribution in [2.75, 3.05) is 5.73 Å². The Morgan fingerprint density at radius 2 is 2.13 bits per heavy atom. The van der Waals surface area contributed by atoms with Gasteiger partial charge in [-0.25, -0.2) is 4.79 Å². The van der Waals surface area contributed by atoms with Crippen LogP contribution in [-0.4, -0.2) is 26.8 Å². The molecule has 0 fully saturated rings. The quantitative estimate of drug-likeness (QED) is 0.262. The van der Waals surface area contributed by atoms with Crippen LogP contribution in [0.5, 0.6) is 0 Å². The zero-order valence-corrected chi connectivity index (χ0v) is 12.8. The molecule has 122 valence electrons. The Bertz CT molecular complexity index is 777. The molecule has 2 aromatic rings. The maximum atomic E-state index is 10.9. The number of anilines is 1. The van der Waals surface area contributed by atoms with Crippen molar-refractivity contribution >= 4 is 34.5 Å². The minimum atomic E-state index is -1.14. The maximum absolute atomic E-state index is 10.9. The van der Waals surface area contributed by atoms with E-state index in [1.165, 1.54) is 0 Å². The van der Waals surface area contributed by atoms with Crippen LogP contribution in [0.4, 0.5) is 11.4 Å². The highest BCUT2D eigenvalue weighted by molar-refractivity contribution is 6.06. The van der Waals surface area contributed by atoms with Crippen molar-refractivity contribution in [3.05, 3.63) is 46.7 Å². The van der Waals surface area contributed by atoms with Crippen molar-refractivity contribution in [3.8, 4) is 0 Å². The van der Waals surface area contributed by atoms with E-state index in [2.05, 4.69) is 6.58 Å². The molecule has 0 unspecified atom stereocenters. The highest BCUT2D eigenvalue weighted by Crippen LogP contribution is 2.31. The number of aliphatic carboxylic acids is 1. The van der Waals surface area contributed by atoms with Crippen LogP contribution in [0.25, 0.3) is 10.9 Å². The molecule has 0 saturated carbocycles. The molecular weight excluding hydrogens is 300 g/mol. The van der Waals surface area contributed by atoms with Gasteiger partial charge in [-0.2, -0.15) is 0 Å². The number of hydrogen-bond acceptors (Lipinski definition) is 5. The van der Waals surface area contributed by atoms with Crippen molar-refractivity contribution in [3.63, 3.8) is 0 Å². The molecule has 1 aromatic carbocycles. The number of aromatic nitrogens is 1. The van der Waals surface area contributed by atoms with E-state index in [0.717, 1.165) is 5.52 Å². The second kappa shape index (κ2) is 7.21. The van der Waals surface area contributed by atoms with E-state index >= 15 is 0 Å². The Balaban J connectivity index is 0.000000322. The third-order valence-corrected chi connectivity index (χ3v) is 3.04. The lowest BCUT2D eigenvalue weighted by Gasteiger charge is -2.07. The predicted octanol–water partition coefficient (Wildman–Crippen LogP) is 2.99. The van der Waals surface area contributed by atoms with Crippen LogP contribution in [0.1, 0.15) is 19.9 Å². The van der Waals surface area contributed by atoms with Crippen LogP contribution >= 0.6 is 0 Å². The van der Waals surface area contributed by atoms with Gasteiger partial charge in [-0.1, -0.05) is 6.58 Å². The highest BCUT2D eigenvalue weighted by atomic mass is 16.6. The molecular formula is C15H18N4O4. The van der Waals surface area contributed by atoms with Crippen molar-refractivity contribution < 1.29 is 14.8 Å². The van der Waals surface area contributed by atoms with Gasteiger partial charge in [-0.05, 0) is 32.0 Å². The molecule has 8 nitrogen and oxygen atoms in total. The zero-order chi connectivity index (χ0) is 17.7. The van der Waals surface area contributed by atoms with Crippen molar-refractivity contribution in [1.29, 1.82) is 5.41 Å². The summed E-state index contributed by atoms with van der Waals surface area (Å²) in [6.45, 7) is 7.00. The first-order valence-corrected chi connectivity index (χ1v) is 6.66. The molecule has 0 bridgehead atoms. The van der Waals surface area contributed by atoms with Gasteiger partial charge >= 0.3 is 5.97 Å². The standard InChI is InChI=1S/C11H13N3O2.C4H5NO2/c1-7(2)13-6-11(14(15)16)9-5-8(12)3-4-10(9)13;1-3(2-5)4(6)7/h3-7H,12H2,1-2H3;2,5H,1H2,(H,6,7). The number of nitrogens with one attached hydrogen (secondary N) is 1. The van der Waals surface area contributed by atoms with Gasteiger partial charge in [0.05, 0.1) is 27.6 Å². The van der Waals surface area contributed by atoms with Crippen molar-refractivity contribution in [2.45, 2.75) is 19.9 Å². The monoisotopic (exact) mass is 318 g/mol. The van der Waals surface area contributed by atoms with Gasteiger partial charge in [0, 0.05) is 17.9 Å².